The summed E-state index contributed by atoms with van der Waals surface area (Å²) in [7, 11) is 0. The van der Waals surface area contributed by atoms with Gasteiger partial charge in [-0.2, -0.15) is 0 Å². The van der Waals surface area contributed by atoms with E-state index >= 15 is 0 Å². The van der Waals surface area contributed by atoms with Gasteiger partial charge in [0.05, 0.1) is 0 Å². The second kappa shape index (κ2) is 8.15. The number of hydrogen-bond acceptors (Lipinski definition) is 2. The molecule has 0 saturated heterocycles. The highest BCUT2D eigenvalue weighted by atomic mass is 16.5. The Hall–Kier alpha value is -2.22. The fraction of sp³-hybridized carbons (Fsp3) is 0.263. The summed E-state index contributed by atoms with van der Waals surface area (Å²) < 4.78 is 5.65. The van der Waals surface area contributed by atoms with Crippen LogP contribution >= 0.6 is 0 Å². The summed E-state index contributed by atoms with van der Waals surface area (Å²) in [4.78, 5) is 2.35. The highest BCUT2D eigenvalue weighted by molar-refractivity contribution is 5.58. The normalized spacial score (nSPS) is 10.8. The molecule has 0 spiro atoms. The standard InChI is InChI=1S/C19H23NO/c1-3-20(4-2)18-12-8-10-17(16-18)11-9-15-21-19-13-6-5-7-14-19/h5-14,16H,3-4,15H2,1-2H3. The fourth-order valence-corrected chi connectivity index (χ4v) is 2.26. The summed E-state index contributed by atoms with van der Waals surface area (Å²) >= 11 is 0. The monoisotopic (exact) mass is 281 g/mol. The van der Waals surface area contributed by atoms with Gasteiger partial charge < -0.3 is 9.64 Å². The first kappa shape index (κ1) is 15.2. The van der Waals surface area contributed by atoms with Gasteiger partial charge in [0.1, 0.15) is 12.4 Å². The molecule has 2 nitrogen and oxygen atoms in total. The van der Waals surface area contributed by atoms with Crippen LogP contribution in [0.25, 0.3) is 6.08 Å². The first-order chi connectivity index (χ1) is 10.3. The van der Waals surface area contributed by atoms with Crippen molar-refractivity contribution in [3.05, 3.63) is 66.2 Å². The SMILES string of the molecule is CCN(CC)c1cccc(C=CCOc2ccccc2)c1. The van der Waals surface area contributed by atoms with Gasteiger partial charge in [-0.3, -0.25) is 0 Å². The summed E-state index contributed by atoms with van der Waals surface area (Å²) in [5.74, 6) is 0.902. The molecule has 21 heavy (non-hydrogen) atoms. The fourth-order valence-electron chi connectivity index (χ4n) is 2.26. The van der Waals surface area contributed by atoms with E-state index in [1.165, 1.54) is 11.3 Å². The Kier molecular flexibility index (Phi) is 5.89. The molecule has 2 aromatic rings. The summed E-state index contributed by atoms with van der Waals surface area (Å²) in [6.07, 6.45) is 4.16. The van der Waals surface area contributed by atoms with E-state index in [9.17, 15) is 0 Å². The van der Waals surface area contributed by atoms with E-state index in [0.29, 0.717) is 6.61 Å². The van der Waals surface area contributed by atoms with E-state index in [0.717, 1.165) is 18.8 Å². The van der Waals surface area contributed by atoms with Crippen LogP contribution in [-0.4, -0.2) is 19.7 Å². The van der Waals surface area contributed by atoms with Gasteiger partial charge in [0, 0.05) is 18.8 Å². The molecule has 0 saturated carbocycles. The van der Waals surface area contributed by atoms with Crippen LogP contribution in [0.4, 0.5) is 5.69 Å². The molecule has 0 N–H and O–H groups in total. The minimum atomic E-state index is 0.583. The third-order valence-corrected chi connectivity index (χ3v) is 3.40. The Morgan fingerprint density at radius 2 is 1.71 bits per heavy atom. The van der Waals surface area contributed by atoms with Gasteiger partial charge in [0.2, 0.25) is 0 Å². The number of ether oxygens (including phenoxy) is 1. The van der Waals surface area contributed by atoms with Crippen molar-refractivity contribution in [2.24, 2.45) is 0 Å². The van der Waals surface area contributed by atoms with Crippen LogP contribution in [0.2, 0.25) is 0 Å². The highest BCUT2D eigenvalue weighted by Gasteiger charge is 2.00. The van der Waals surface area contributed by atoms with E-state index in [-0.39, 0.29) is 0 Å². The Labute approximate surface area is 127 Å². The van der Waals surface area contributed by atoms with Crippen LogP contribution in [0.3, 0.4) is 0 Å². The first-order valence-electron chi connectivity index (χ1n) is 7.53. The van der Waals surface area contributed by atoms with Crippen molar-refractivity contribution in [2.45, 2.75) is 13.8 Å². The molecule has 110 valence electrons. The maximum absolute atomic E-state index is 5.65. The third-order valence-electron chi connectivity index (χ3n) is 3.40. The summed E-state index contributed by atoms with van der Waals surface area (Å²) in [5.41, 5.74) is 2.47. The summed E-state index contributed by atoms with van der Waals surface area (Å²) in [6.45, 7) is 7.00. The van der Waals surface area contributed by atoms with E-state index < -0.39 is 0 Å². The van der Waals surface area contributed by atoms with Crippen LogP contribution < -0.4 is 9.64 Å². The topological polar surface area (TPSA) is 12.5 Å². The minimum Gasteiger partial charge on any atom is -0.490 e. The zero-order chi connectivity index (χ0) is 14.9. The van der Waals surface area contributed by atoms with Crippen LogP contribution in [0.5, 0.6) is 5.75 Å². The molecular weight excluding hydrogens is 258 g/mol. The lowest BCUT2D eigenvalue weighted by Gasteiger charge is -2.21. The van der Waals surface area contributed by atoms with Crippen molar-refractivity contribution < 1.29 is 4.74 Å². The first-order valence-corrected chi connectivity index (χ1v) is 7.53. The highest BCUT2D eigenvalue weighted by Crippen LogP contribution is 2.17. The van der Waals surface area contributed by atoms with Gasteiger partial charge in [-0.1, -0.05) is 36.4 Å². The van der Waals surface area contributed by atoms with Crippen molar-refractivity contribution in [1.82, 2.24) is 0 Å². The smallest absolute Gasteiger partial charge is 0.119 e. The van der Waals surface area contributed by atoms with Crippen LogP contribution in [-0.2, 0) is 0 Å². The second-order valence-electron chi connectivity index (χ2n) is 4.79. The molecule has 0 atom stereocenters. The quantitative estimate of drug-likeness (QED) is 0.734. The van der Waals surface area contributed by atoms with E-state index in [1.54, 1.807) is 0 Å². The minimum absolute atomic E-state index is 0.583. The molecule has 0 bridgehead atoms. The van der Waals surface area contributed by atoms with Crippen molar-refractivity contribution in [2.75, 3.05) is 24.6 Å². The number of rotatable bonds is 7. The molecule has 0 aliphatic heterocycles. The Balaban J connectivity index is 1.93. The number of benzene rings is 2. The van der Waals surface area contributed by atoms with Crippen LogP contribution in [0.15, 0.2) is 60.7 Å². The van der Waals surface area contributed by atoms with Gasteiger partial charge in [0.15, 0.2) is 0 Å². The van der Waals surface area contributed by atoms with E-state index in [1.807, 2.05) is 36.4 Å². The largest absolute Gasteiger partial charge is 0.490 e. The maximum atomic E-state index is 5.65. The molecule has 0 radical (unpaired) electrons. The van der Waals surface area contributed by atoms with Crippen molar-refractivity contribution >= 4 is 11.8 Å². The maximum Gasteiger partial charge on any atom is 0.119 e. The average molecular weight is 281 g/mol. The molecule has 0 fully saturated rings. The molecule has 0 aliphatic rings. The number of anilines is 1. The Morgan fingerprint density at radius 1 is 0.952 bits per heavy atom. The van der Waals surface area contributed by atoms with Crippen molar-refractivity contribution in [1.29, 1.82) is 0 Å². The molecule has 0 aliphatic carbocycles. The molecule has 0 aromatic heterocycles. The predicted molar refractivity (Wildman–Crippen MR) is 91.0 cm³/mol. The van der Waals surface area contributed by atoms with Gasteiger partial charge in [0.25, 0.3) is 0 Å². The zero-order valence-electron chi connectivity index (χ0n) is 12.8. The average Bonchev–Trinajstić information content (AvgIpc) is 2.54. The third kappa shape index (κ3) is 4.67. The van der Waals surface area contributed by atoms with Crippen LogP contribution in [0.1, 0.15) is 19.4 Å². The predicted octanol–water partition coefficient (Wildman–Crippen LogP) is 4.63. The molecule has 0 amide bonds. The van der Waals surface area contributed by atoms with Crippen molar-refractivity contribution in [3.8, 4) is 5.75 Å². The molecular formula is C19H23NO. The summed E-state index contributed by atoms with van der Waals surface area (Å²) in [6, 6.07) is 18.5. The van der Waals surface area contributed by atoms with Crippen molar-refractivity contribution in [3.63, 3.8) is 0 Å². The van der Waals surface area contributed by atoms with Gasteiger partial charge in [-0.15, -0.1) is 0 Å². The van der Waals surface area contributed by atoms with E-state index in [2.05, 4.69) is 49.1 Å². The zero-order valence-corrected chi connectivity index (χ0v) is 12.8. The van der Waals surface area contributed by atoms with Gasteiger partial charge in [-0.25, -0.2) is 0 Å². The lowest BCUT2D eigenvalue weighted by Crippen LogP contribution is -2.21. The lowest BCUT2D eigenvalue weighted by atomic mass is 10.1. The molecule has 2 rings (SSSR count). The Bertz CT molecular complexity index is 559. The molecule has 0 unspecified atom stereocenters. The summed E-state index contributed by atoms with van der Waals surface area (Å²) in [5, 5.41) is 0. The number of para-hydroxylation sites is 1. The second-order valence-corrected chi connectivity index (χ2v) is 4.79. The lowest BCUT2D eigenvalue weighted by molar-refractivity contribution is 0.363. The van der Waals surface area contributed by atoms with E-state index in [4.69, 9.17) is 4.74 Å². The number of nitrogens with zero attached hydrogens (tertiary/aromatic N) is 1. The van der Waals surface area contributed by atoms with Gasteiger partial charge >= 0.3 is 0 Å². The molecule has 2 heteroatoms. The van der Waals surface area contributed by atoms with Crippen LogP contribution in [0, 0.1) is 0 Å². The Morgan fingerprint density at radius 3 is 2.43 bits per heavy atom. The molecule has 2 aromatic carbocycles. The number of hydrogen-bond donors (Lipinski definition) is 0. The molecule has 0 heterocycles. The van der Waals surface area contributed by atoms with Gasteiger partial charge in [-0.05, 0) is 49.8 Å².